The molecule has 4 heteroatoms. The third-order valence-electron chi connectivity index (χ3n) is 3.65. The molecule has 0 aliphatic carbocycles. The lowest BCUT2D eigenvalue weighted by Gasteiger charge is -2.13. The lowest BCUT2D eigenvalue weighted by Crippen LogP contribution is -2.09. The average Bonchev–Trinajstić information content (AvgIpc) is 2.82. The Balaban J connectivity index is 1.92. The highest BCUT2D eigenvalue weighted by Gasteiger charge is 2.10. The Morgan fingerprint density at radius 3 is 2.52 bits per heavy atom. The molecule has 0 N–H and O–H groups in total. The Kier molecular flexibility index (Phi) is 3.97. The molecule has 0 aliphatic rings. The van der Waals surface area contributed by atoms with E-state index in [9.17, 15) is 0 Å². The number of pyridine rings is 1. The molecule has 0 fully saturated rings. The molecular formula is C17H18BrN3. The largest absolute Gasteiger partial charge is 0.376 e. The maximum absolute atomic E-state index is 4.67. The normalized spacial score (nSPS) is 11.0. The van der Waals surface area contributed by atoms with E-state index in [-0.39, 0.29) is 0 Å². The van der Waals surface area contributed by atoms with Crippen LogP contribution in [0.2, 0.25) is 0 Å². The van der Waals surface area contributed by atoms with E-state index < -0.39 is 0 Å². The van der Waals surface area contributed by atoms with Crippen LogP contribution in [-0.4, -0.2) is 23.5 Å². The molecule has 0 atom stereocenters. The van der Waals surface area contributed by atoms with Crippen molar-refractivity contribution in [3.05, 3.63) is 64.7 Å². The summed E-state index contributed by atoms with van der Waals surface area (Å²) in [5.41, 5.74) is 3.63. The summed E-state index contributed by atoms with van der Waals surface area (Å²) in [5.74, 6) is 1.09. The molecule has 0 aliphatic heterocycles. The van der Waals surface area contributed by atoms with Crippen LogP contribution in [0.4, 0.5) is 5.69 Å². The second kappa shape index (κ2) is 5.90. The highest BCUT2D eigenvalue weighted by atomic mass is 79.9. The van der Waals surface area contributed by atoms with Crippen molar-refractivity contribution in [1.82, 2.24) is 9.38 Å². The molecule has 2 heterocycles. The van der Waals surface area contributed by atoms with E-state index in [0.717, 1.165) is 28.8 Å². The molecule has 0 radical (unpaired) electrons. The number of rotatable bonds is 4. The van der Waals surface area contributed by atoms with Crippen LogP contribution in [0.3, 0.4) is 0 Å². The Hall–Kier alpha value is -1.81. The number of anilines is 1. The van der Waals surface area contributed by atoms with Crippen molar-refractivity contribution in [2.24, 2.45) is 0 Å². The van der Waals surface area contributed by atoms with Gasteiger partial charge in [0.15, 0.2) is 0 Å². The maximum atomic E-state index is 4.67. The number of hydrogen-bond donors (Lipinski definition) is 0. The third kappa shape index (κ3) is 2.95. The number of halogens is 1. The number of aromatic nitrogens is 2. The minimum atomic E-state index is 0.913. The van der Waals surface area contributed by atoms with E-state index >= 15 is 0 Å². The third-order valence-corrected chi connectivity index (χ3v) is 4.23. The van der Waals surface area contributed by atoms with Crippen LogP contribution in [0.1, 0.15) is 11.4 Å². The van der Waals surface area contributed by atoms with Gasteiger partial charge < -0.3 is 9.30 Å². The second-order valence-electron chi connectivity index (χ2n) is 5.34. The lowest BCUT2D eigenvalue weighted by molar-refractivity contribution is 0.851. The standard InChI is InChI=1S/C17H18BrN3/c1-20(2)14-9-10-15-17(18)19-16(21(15)12-14)11-8-13-6-4-3-5-7-13/h3-7,9-10,12H,8,11H2,1-2H3. The van der Waals surface area contributed by atoms with Crippen LogP contribution in [0.15, 0.2) is 53.3 Å². The highest BCUT2D eigenvalue weighted by molar-refractivity contribution is 9.10. The fraction of sp³-hybridized carbons (Fsp3) is 0.235. The summed E-state index contributed by atoms with van der Waals surface area (Å²) in [4.78, 5) is 6.77. The van der Waals surface area contributed by atoms with Crippen LogP contribution < -0.4 is 4.90 Å². The van der Waals surface area contributed by atoms with Crippen molar-refractivity contribution in [2.45, 2.75) is 12.8 Å². The van der Waals surface area contributed by atoms with Gasteiger partial charge in [0, 0.05) is 26.7 Å². The van der Waals surface area contributed by atoms with Crippen LogP contribution >= 0.6 is 15.9 Å². The van der Waals surface area contributed by atoms with Gasteiger partial charge in [0.2, 0.25) is 0 Å². The summed E-state index contributed by atoms with van der Waals surface area (Å²) >= 11 is 3.56. The molecule has 0 spiro atoms. The quantitative estimate of drug-likeness (QED) is 0.714. The van der Waals surface area contributed by atoms with Gasteiger partial charge in [-0.1, -0.05) is 30.3 Å². The Labute approximate surface area is 133 Å². The van der Waals surface area contributed by atoms with Crippen molar-refractivity contribution in [2.75, 3.05) is 19.0 Å². The fourth-order valence-corrected chi connectivity index (χ4v) is 2.97. The molecule has 3 rings (SSSR count). The Bertz CT molecular complexity index is 747. The number of hydrogen-bond acceptors (Lipinski definition) is 2. The minimum absolute atomic E-state index is 0.913. The van der Waals surface area contributed by atoms with E-state index in [2.05, 4.69) is 86.9 Å². The summed E-state index contributed by atoms with van der Waals surface area (Å²) in [5, 5.41) is 0. The average molecular weight is 344 g/mol. The Morgan fingerprint density at radius 1 is 1.05 bits per heavy atom. The van der Waals surface area contributed by atoms with Gasteiger partial charge >= 0.3 is 0 Å². The number of imidazole rings is 1. The van der Waals surface area contributed by atoms with Crippen molar-refractivity contribution >= 4 is 27.1 Å². The predicted octanol–water partition coefficient (Wildman–Crippen LogP) is 3.95. The number of benzene rings is 1. The first kappa shape index (κ1) is 14.1. The molecule has 0 saturated heterocycles. The van der Waals surface area contributed by atoms with Gasteiger partial charge in [-0.2, -0.15) is 0 Å². The predicted molar refractivity (Wildman–Crippen MR) is 91.1 cm³/mol. The van der Waals surface area contributed by atoms with Crippen molar-refractivity contribution < 1.29 is 0 Å². The van der Waals surface area contributed by atoms with Crippen LogP contribution in [0.25, 0.3) is 5.52 Å². The van der Waals surface area contributed by atoms with Crippen molar-refractivity contribution in [1.29, 1.82) is 0 Å². The van der Waals surface area contributed by atoms with Gasteiger partial charge in [-0.25, -0.2) is 4.98 Å². The van der Waals surface area contributed by atoms with Crippen molar-refractivity contribution in [3.63, 3.8) is 0 Å². The number of fused-ring (bicyclic) bond motifs is 1. The first-order valence-corrected chi connectivity index (χ1v) is 7.82. The van der Waals surface area contributed by atoms with Gasteiger partial charge in [0.05, 0.1) is 11.2 Å². The molecule has 21 heavy (non-hydrogen) atoms. The molecule has 2 aromatic heterocycles. The zero-order chi connectivity index (χ0) is 14.8. The topological polar surface area (TPSA) is 20.5 Å². The van der Waals surface area contributed by atoms with Gasteiger partial charge in [0.1, 0.15) is 10.4 Å². The molecular weight excluding hydrogens is 326 g/mol. The Morgan fingerprint density at radius 2 is 1.81 bits per heavy atom. The molecule has 3 aromatic rings. The summed E-state index contributed by atoms with van der Waals surface area (Å²) in [7, 11) is 4.10. The minimum Gasteiger partial charge on any atom is -0.376 e. The van der Waals surface area contributed by atoms with E-state index in [4.69, 9.17) is 0 Å². The zero-order valence-electron chi connectivity index (χ0n) is 12.3. The summed E-state index contributed by atoms with van der Waals surface area (Å²) in [6.07, 6.45) is 4.07. The smallest absolute Gasteiger partial charge is 0.132 e. The van der Waals surface area contributed by atoms with Crippen LogP contribution in [-0.2, 0) is 12.8 Å². The fourth-order valence-electron chi connectivity index (χ4n) is 2.44. The molecule has 0 saturated carbocycles. The van der Waals surface area contributed by atoms with Crippen molar-refractivity contribution in [3.8, 4) is 0 Å². The van der Waals surface area contributed by atoms with Gasteiger partial charge in [-0.15, -0.1) is 0 Å². The first-order chi connectivity index (χ1) is 10.1. The van der Waals surface area contributed by atoms with E-state index in [0.29, 0.717) is 0 Å². The molecule has 3 nitrogen and oxygen atoms in total. The maximum Gasteiger partial charge on any atom is 0.132 e. The zero-order valence-corrected chi connectivity index (χ0v) is 13.8. The van der Waals surface area contributed by atoms with Gasteiger partial charge in [-0.05, 0) is 40.0 Å². The van der Waals surface area contributed by atoms with Crippen LogP contribution in [0, 0.1) is 0 Å². The van der Waals surface area contributed by atoms with Crippen LogP contribution in [0.5, 0.6) is 0 Å². The highest BCUT2D eigenvalue weighted by Crippen LogP contribution is 2.23. The second-order valence-corrected chi connectivity index (χ2v) is 6.09. The number of aryl methyl sites for hydroxylation is 2. The molecule has 0 amide bonds. The summed E-state index contributed by atoms with van der Waals surface area (Å²) in [6, 6.07) is 14.8. The summed E-state index contributed by atoms with van der Waals surface area (Å²) < 4.78 is 3.10. The van der Waals surface area contributed by atoms with E-state index in [1.54, 1.807) is 0 Å². The van der Waals surface area contributed by atoms with E-state index in [1.165, 1.54) is 11.3 Å². The molecule has 0 unspecified atom stereocenters. The molecule has 1 aromatic carbocycles. The summed E-state index contributed by atoms with van der Waals surface area (Å²) in [6.45, 7) is 0. The van der Waals surface area contributed by atoms with E-state index in [1.807, 2.05) is 6.07 Å². The van der Waals surface area contributed by atoms with Gasteiger partial charge in [0.25, 0.3) is 0 Å². The number of nitrogens with zero attached hydrogens (tertiary/aromatic N) is 3. The lowest BCUT2D eigenvalue weighted by atomic mass is 10.1. The molecule has 0 bridgehead atoms. The van der Waals surface area contributed by atoms with Gasteiger partial charge in [-0.3, -0.25) is 0 Å². The SMILES string of the molecule is CN(C)c1ccc2c(Br)nc(CCc3ccccc3)n2c1. The molecule has 108 valence electrons. The monoisotopic (exact) mass is 343 g/mol. The first-order valence-electron chi connectivity index (χ1n) is 7.03.